The number of nitro groups is 1. The Balaban J connectivity index is 1.93. The molecule has 0 aliphatic carbocycles. The molecule has 0 aliphatic heterocycles. The first-order chi connectivity index (χ1) is 11.8. The molecule has 0 saturated carbocycles. The Morgan fingerprint density at radius 3 is 2.48 bits per heavy atom. The van der Waals surface area contributed by atoms with E-state index in [1.807, 2.05) is 0 Å². The van der Waals surface area contributed by atoms with E-state index < -0.39 is 16.7 Å². The van der Waals surface area contributed by atoms with E-state index in [1.165, 1.54) is 42.6 Å². The number of alkyl halides is 3. The normalized spacial score (nSPS) is 11.3. The Bertz CT molecular complexity index is 807. The van der Waals surface area contributed by atoms with Crippen LogP contribution in [0.2, 0.25) is 0 Å². The molecular formula is C15H11F3N4O2S. The van der Waals surface area contributed by atoms with Crippen LogP contribution in [0.4, 0.5) is 24.5 Å². The van der Waals surface area contributed by atoms with E-state index in [4.69, 9.17) is 12.2 Å². The van der Waals surface area contributed by atoms with Crippen LogP contribution in [-0.4, -0.2) is 16.3 Å². The molecule has 10 heteroatoms. The summed E-state index contributed by atoms with van der Waals surface area (Å²) in [5.41, 5.74) is 2.35. The van der Waals surface area contributed by atoms with E-state index in [9.17, 15) is 23.3 Å². The molecule has 0 unspecified atom stereocenters. The molecule has 2 N–H and O–H groups in total. The monoisotopic (exact) mass is 368 g/mol. The third-order valence-electron chi connectivity index (χ3n) is 2.93. The Labute approximate surface area is 145 Å². The molecule has 0 aromatic heterocycles. The highest BCUT2D eigenvalue weighted by molar-refractivity contribution is 7.80. The van der Waals surface area contributed by atoms with Gasteiger partial charge in [0.15, 0.2) is 5.11 Å². The maximum atomic E-state index is 12.6. The Kier molecular flexibility index (Phi) is 5.65. The number of nitrogens with one attached hydrogen (secondary N) is 2. The summed E-state index contributed by atoms with van der Waals surface area (Å²) in [5, 5.41) is 16.9. The average Bonchev–Trinajstić information content (AvgIpc) is 2.55. The van der Waals surface area contributed by atoms with Crippen molar-refractivity contribution >= 4 is 34.9 Å². The highest BCUT2D eigenvalue weighted by Gasteiger charge is 2.30. The lowest BCUT2D eigenvalue weighted by Gasteiger charge is -2.10. The number of hydrogen-bond donors (Lipinski definition) is 2. The van der Waals surface area contributed by atoms with Crippen molar-refractivity contribution in [3.63, 3.8) is 0 Å². The van der Waals surface area contributed by atoms with E-state index in [0.29, 0.717) is 5.56 Å². The minimum atomic E-state index is -4.44. The predicted molar refractivity (Wildman–Crippen MR) is 91.5 cm³/mol. The van der Waals surface area contributed by atoms with Crippen LogP contribution in [0.3, 0.4) is 0 Å². The third-order valence-corrected chi connectivity index (χ3v) is 3.12. The van der Waals surface area contributed by atoms with Gasteiger partial charge in [0, 0.05) is 17.8 Å². The smallest absolute Gasteiger partial charge is 0.331 e. The highest BCUT2D eigenvalue weighted by atomic mass is 32.1. The Morgan fingerprint density at radius 2 is 1.88 bits per heavy atom. The van der Waals surface area contributed by atoms with Gasteiger partial charge in [-0.15, -0.1) is 0 Å². The Morgan fingerprint density at radius 1 is 1.20 bits per heavy atom. The van der Waals surface area contributed by atoms with Crippen LogP contribution in [0.25, 0.3) is 0 Å². The molecule has 0 fully saturated rings. The van der Waals surface area contributed by atoms with E-state index in [0.717, 1.165) is 12.1 Å². The third kappa shape index (κ3) is 5.53. The maximum Gasteiger partial charge on any atom is 0.416 e. The second-order valence-corrected chi connectivity index (χ2v) is 5.16. The first-order valence-electron chi connectivity index (χ1n) is 6.77. The number of hydrogen-bond acceptors (Lipinski definition) is 4. The molecule has 0 heterocycles. The number of nitrogens with zero attached hydrogens (tertiary/aromatic N) is 2. The minimum Gasteiger partial charge on any atom is -0.331 e. The molecule has 0 radical (unpaired) electrons. The summed E-state index contributed by atoms with van der Waals surface area (Å²) in [5.74, 6) is 0. The van der Waals surface area contributed by atoms with Crippen LogP contribution >= 0.6 is 12.2 Å². The van der Waals surface area contributed by atoms with Crippen molar-refractivity contribution in [2.24, 2.45) is 5.10 Å². The SMILES string of the molecule is O=[N+]([O-])c1ccc(/C=N\NC(=S)Nc2cccc(C(F)(F)F)c2)cc1. The Hall–Kier alpha value is -3.01. The van der Waals surface area contributed by atoms with Crippen molar-refractivity contribution in [3.05, 3.63) is 69.8 Å². The summed E-state index contributed by atoms with van der Waals surface area (Å²) in [6.45, 7) is 0. The predicted octanol–water partition coefficient (Wildman–Crippen LogP) is 3.93. The van der Waals surface area contributed by atoms with Crippen molar-refractivity contribution in [3.8, 4) is 0 Å². The quantitative estimate of drug-likeness (QED) is 0.370. The molecule has 2 aromatic rings. The van der Waals surface area contributed by atoms with E-state index >= 15 is 0 Å². The number of non-ortho nitro benzene ring substituents is 1. The topological polar surface area (TPSA) is 79.6 Å². The van der Waals surface area contributed by atoms with Crippen LogP contribution in [0.1, 0.15) is 11.1 Å². The van der Waals surface area contributed by atoms with Crippen molar-refractivity contribution < 1.29 is 18.1 Å². The van der Waals surface area contributed by atoms with Gasteiger partial charge in [0.25, 0.3) is 5.69 Å². The second-order valence-electron chi connectivity index (χ2n) is 4.75. The molecule has 2 rings (SSSR count). The average molecular weight is 368 g/mol. The fourth-order valence-corrected chi connectivity index (χ4v) is 1.95. The molecule has 0 atom stereocenters. The first-order valence-corrected chi connectivity index (χ1v) is 7.18. The van der Waals surface area contributed by atoms with E-state index in [2.05, 4.69) is 15.8 Å². The van der Waals surface area contributed by atoms with Gasteiger partial charge in [0.2, 0.25) is 0 Å². The summed E-state index contributed by atoms with van der Waals surface area (Å²) in [4.78, 5) is 10.0. The van der Waals surface area contributed by atoms with Gasteiger partial charge in [-0.1, -0.05) is 6.07 Å². The minimum absolute atomic E-state index is 0.00233. The summed E-state index contributed by atoms with van der Waals surface area (Å²) in [6.07, 6.45) is -3.08. The van der Waals surface area contributed by atoms with Crippen molar-refractivity contribution in [2.75, 3.05) is 5.32 Å². The lowest BCUT2D eigenvalue weighted by atomic mass is 10.2. The molecule has 0 spiro atoms. The summed E-state index contributed by atoms with van der Waals surface area (Å²) in [6, 6.07) is 10.2. The van der Waals surface area contributed by atoms with Crippen molar-refractivity contribution in [1.29, 1.82) is 0 Å². The number of rotatable bonds is 4. The van der Waals surface area contributed by atoms with Crippen LogP contribution in [-0.2, 0) is 6.18 Å². The van der Waals surface area contributed by atoms with Crippen molar-refractivity contribution in [2.45, 2.75) is 6.18 Å². The standard InChI is InChI=1S/C15H11F3N4O2S/c16-15(17,18)11-2-1-3-12(8-11)20-14(25)21-19-9-10-4-6-13(7-5-10)22(23)24/h1-9H,(H2,20,21,25)/b19-9-. The number of benzene rings is 2. The molecule has 0 amide bonds. The van der Waals surface area contributed by atoms with Crippen LogP contribution in [0.5, 0.6) is 0 Å². The number of hydrazone groups is 1. The first kappa shape index (κ1) is 18.3. The van der Waals surface area contributed by atoms with Gasteiger partial charge in [-0.3, -0.25) is 15.5 Å². The summed E-state index contributed by atoms with van der Waals surface area (Å²) in [7, 11) is 0. The fraction of sp³-hybridized carbons (Fsp3) is 0.0667. The lowest BCUT2D eigenvalue weighted by molar-refractivity contribution is -0.384. The largest absolute Gasteiger partial charge is 0.416 e. The number of nitro benzene ring substituents is 1. The zero-order valence-electron chi connectivity index (χ0n) is 12.4. The number of anilines is 1. The van der Waals surface area contributed by atoms with Crippen LogP contribution in [0.15, 0.2) is 53.6 Å². The lowest BCUT2D eigenvalue weighted by Crippen LogP contribution is -2.24. The molecule has 0 bridgehead atoms. The van der Waals surface area contributed by atoms with Gasteiger partial charge in [-0.05, 0) is 48.1 Å². The van der Waals surface area contributed by atoms with Gasteiger partial charge in [0.1, 0.15) is 0 Å². The summed E-state index contributed by atoms with van der Waals surface area (Å²) >= 11 is 4.94. The highest BCUT2D eigenvalue weighted by Crippen LogP contribution is 2.30. The van der Waals surface area contributed by atoms with E-state index in [1.54, 1.807) is 0 Å². The number of halogens is 3. The van der Waals surface area contributed by atoms with Gasteiger partial charge in [-0.2, -0.15) is 18.3 Å². The number of thiocarbonyl (C=S) groups is 1. The molecule has 2 aromatic carbocycles. The molecule has 6 nitrogen and oxygen atoms in total. The van der Waals surface area contributed by atoms with Gasteiger partial charge in [0.05, 0.1) is 16.7 Å². The fourth-order valence-electron chi connectivity index (χ4n) is 1.78. The molecule has 130 valence electrons. The van der Waals surface area contributed by atoms with Crippen molar-refractivity contribution in [1.82, 2.24) is 5.43 Å². The molecule has 25 heavy (non-hydrogen) atoms. The summed E-state index contributed by atoms with van der Waals surface area (Å²) < 4.78 is 37.9. The second kappa shape index (κ2) is 7.71. The van der Waals surface area contributed by atoms with Gasteiger partial charge in [-0.25, -0.2) is 0 Å². The molecule has 0 saturated heterocycles. The van der Waals surface area contributed by atoms with Gasteiger partial charge < -0.3 is 5.32 Å². The van der Waals surface area contributed by atoms with Crippen LogP contribution < -0.4 is 10.7 Å². The molecular weight excluding hydrogens is 357 g/mol. The van der Waals surface area contributed by atoms with Gasteiger partial charge >= 0.3 is 6.18 Å². The molecule has 0 aliphatic rings. The maximum absolute atomic E-state index is 12.6. The van der Waals surface area contributed by atoms with Crippen LogP contribution in [0, 0.1) is 10.1 Å². The van der Waals surface area contributed by atoms with E-state index in [-0.39, 0.29) is 16.5 Å². The zero-order chi connectivity index (χ0) is 18.4. The zero-order valence-corrected chi connectivity index (χ0v) is 13.3.